The van der Waals surface area contributed by atoms with Gasteiger partial charge in [-0.15, -0.1) is 0 Å². The minimum absolute atomic E-state index is 0.0453. The number of para-hydroxylation sites is 1. The summed E-state index contributed by atoms with van der Waals surface area (Å²) in [5.74, 6) is -0.647. The van der Waals surface area contributed by atoms with Crippen molar-refractivity contribution in [3.05, 3.63) is 79.1 Å². The van der Waals surface area contributed by atoms with E-state index in [1.807, 2.05) is 47.9 Å². The van der Waals surface area contributed by atoms with Crippen molar-refractivity contribution in [2.24, 2.45) is 0 Å². The van der Waals surface area contributed by atoms with Crippen LogP contribution >= 0.6 is 0 Å². The number of aromatic nitrogens is 8. The molecule has 6 aromatic rings. The molecule has 1 fully saturated rings. The number of amides is 1. The van der Waals surface area contributed by atoms with E-state index < -0.39 is 17.7 Å². The maximum absolute atomic E-state index is 14.8. The van der Waals surface area contributed by atoms with Gasteiger partial charge in [0.1, 0.15) is 29.7 Å². The zero-order valence-electron chi connectivity index (χ0n) is 26.9. The van der Waals surface area contributed by atoms with Gasteiger partial charge in [0, 0.05) is 50.1 Å². The van der Waals surface area contributed by atoms with E-state index in [1.165, 1.54) is 23.1 Å². The molecule has 1 N–H and O–H groups in total. The second kappa shape index (κ2) is 12.5. The molecule has 2 aliphatic heterocycles. The number of benzene rings is 2. The summed E-state index contributed by atoms with van der Waals surface area (Å²) in [7, 11) is 0. The van der Waals surface area contributed by atoms with Crippen molar-refractivity contribution < 1.29 is 18.3 Å². The molecule has 0 aliphatic carbocycles. The Morgan fingerprint density at radius 2 is 1.92 bits per heavy atom. The largest absolute Gasteiger partial charge is 0.375 e. The number of carbonyl (C=O) groups excluding carboxylic acids is 1. The summed E-state index contributed by atoms with van der Waals surface area (Å²) in [6.07, 6.45) is 6.55. The average Bonchev–Trinajstić information content (AvgIpc) is 3.84. The second-order valence-corrected chi connectivity index (χ2v) is 12.1. The van der Waals surface area contributed by atoms with Gasteiger partial charge in [-0.1, -0.05) is 12.1 Å². The summed E-state index contributed by atoms with van der Waals surface area (Å²) in [5.41, 5.74) is 3.79. The lowest BCUT2D eigenvalue weighted by molar-refractivity contribution is -0.134. The van der Waals surface area contributed by atoms with Crippen LogP contribution in [0, 0.1) is 11.6 Å². The standard InChI is InChI=1S/C34H33F2N11O2/c1-3-44-16-22(49-4-2)17-45-19-40-27-7-5-6-23(30(27)45)26-10-11-37-34(43-26)42-21-13-29(33(44)48)46(15-21)31-24-14-41-47(32(24)39-18-38-31)28-9-8-20(35)12-25(28)36/h5-12,14,18-19,21-22,29H,3-4,13,15-17H2,1-2H3,(H,37,42,43)/t21-,22+,29-/m0/s1. The Morgan fingerprint density at radius 3 is 2.76 bits per heavy atom. The zero-order valence-corrected chi connectivity index (χ0v) is 26.9. The van der Waals surface area contributed by atoms with Crippen molar-refractivity contribution in [1.29, 1.82) is 0 Å². The smallest absolute Gasteiger partial charge is 0.245 e. The lowest BCUT2D eigenvalue weighted by Crippen LogP contribution is -2.49. The van der Waals surface area contributed by atoms with E-state index in [0.29, 0.717) is 62.0 Å². The van der Waals surface area contributed by atoms with E-state index in [0.717, 1.165) is 28.4 Å². The quantitative estimate of drug-likeness (QED) is 0.286. The maximum atomic E-state index is 14.8. The average molecular weight is 666 g/mol. The normalized spacial score (nSPS) is 19.7. The number of halogens is 2. The summed E-state index contributed by atoms with van der Waals surface area (Å²) in [6, 6.07) is 10.3. The molecule has 49 heavy (non-hydrogen) atoms. The number of hydrogen-bond acceptors (Lipinski definition) is 10. The molecule has 2 aliphatic rings. The number of likely N-dealkylation sites (N-methyl/N-ethyl adjacent to an activating group) is 1. The molecular formula is C34H33F2N11O2. The molecule has 4 aromatic heterocycles. The van der Waals surface area contributed by atoms with Crippen molar-refractivity contribution in [2.75, 3.05) is 36.5 Å². The van der Waals surface area contributed by atoms with Gasteiger partial charge >= 0.3 is 0 Å². The van der Waals surface area contributed by atoms with E-state index in [2.05, 4.69) is 34.9 Å². The van der Waals surface area contributed by atoms with Gasteiger partial charge in [0.25, 0.3) is 0 Å². The number of nitrogens with one attached hydrogen (secondary N) is 1. The molecule has 1 saturated heterocycles. The minimum Gasteiger partial charge on any atom is -0.375 e. The van der Waals surface area contributed by atoms with Gasteiger partial charge in [-0.2, -0.15) is 5.10 Å². The number of ether oxygens (including phenoxy) is 1. The molecule has 3 atom stereocenters. The van der Waals surface area contributed by atoms with Crippen LogP contribution in [-0.2, 0) is 16.1 Å². The number of nitrogens with zero attached hydrogens (tertiary/aromatic N) is 10. The number of anilines is 2. The van der Waals surface area contributed by atoms with Crippen molar-refractivity contribution in [3.63, 3.8) is 0 Å². The van der Waals surface area contributed by atoms with E-state index in [9.17, 15) is 13.6 Å². The van der Waals surface area contributed by atoms with E-state index in [1.54, 1.807) is 18.7 Å². The summed E-state index contributed by atoms with van der Waals surface area (Å²) in [4.78, 5) is 41.4. The molecular weight excluding hydrogens is 632 g/mol. The Morgan fingerprint density at radius 1 is 1.02 bits per heavy atom. The number of carbonyl (C=O) groups is 1. The third-order valence-electron chi connectivity index (χ3n) is 9.16. The lowest BCUT2D eigenvalue weighted by atomic mass is 10.1. The molecule has 0 unspecified atom stereocenters. The highest BCUT2D eigenvalue weighted by atomic mass is 19.1. The van der Waals surface area contributed by atoms with Crippen LogP contribution in [0.4, 0.5) is 20.5 Å². The van der Waals surface area contributed by atoms with Crippen LogP contribution in [0.25, 0.3) is 39.0 Å². The minimum atomic E-state index is -0.777. The predicted molar refractivity (Wildman–Crippen MR) is 178 cm³/mol. The molecule has 4 bridgehead atoms. The van der Waals surface area contributed by atoms with Crippen LogP contribution in [0.1, 0.15) is 20.3 Å². The summed E-state index contributed by atoms with van der Waals surface area (Å²) in [6.45, 7) is 6.07. The topological polar surface area (TPSA) is 132 Å². The third kappa shape index (κ3) is 5.49. The highest BCUT2D eigenvalue weighted by Gasteiger charge is 2.41. The Bertz CT molecular complexity index is 2190. The van der Waals surface area contributed by atoms with Crippen LogP contribution in [0.2, 0.25) is 0 Å². The highest BCUT2D eigenvalue weighted by molar-refractivity contribution is 5.93. The molecule has 15 heteroatoms. The first-order valence-corrected chi connectivity index (χ1v) is 16.3. The first kappa shape index (κ1) is 30.7. The maximum Gasteiger partial charge on any atom is 0.245 e. The van der Waals surface area contributed by atoms with Gasteiger partial charge < -0.3 is 24.4 Å². The van der Waals surface area contributed by atoms with Crippen molar-refractivity contribution >= 4 is 39.7 Å². The Kier molecular flexibility index (Phi) is 7.82. The monoisotopic (exact) mass is 665 g/mol. The molecule has 6 heterocycles. The van der Waals surface area contributed by atoms with Gasteiger partial charge in [-0.05, 0) is 44.5 Å². The Labute approximate surface area is 279 Å². The van der Waals surface area contributed by atoms with Gasteiger partial charge in [0.2, 0.25) is 11.9 Å². The number of rotatable bonds is 5. The summed E-state index contributed by atoms with van der Waals surface area (Å²) < 4.78 is 38.1. The molecule has 0 radical (unpaired) electrons. The van der Waals surface area contributed by atoms with Crippen LogP contribution < -0.4 is 10.2 Å². The zero-order chi connectivity index (χ0) is 33.6. The van der Waals surface area contributed by atoms with Crippen LogP contribution in [-0.4, -0.2) is 94.5 Å². The molecule has 0 saturated carbocycles. The van der Waals surface area contributed by atoms with Crippen LogP contribution in [0.5, 0.6) is 0 Å². The van der Waals surface area contributed by atoms with Crippen molar-refractivity contribution in [1.82, 2.24) is 44.2 Å². The highest BCUT2D eigenvalue weighted by Crippen LogP contribution is 2.34. The summed E-state index contributed by atoms with van der Waals surface area (Å²) >= 11 is 0. The Hall–Kier alpha value is -5.57. The van der Waals surface area contributed by atoms with Crippen molar-refractivity contribution in [2.45, 2.75) is 45.0 Å². The van der Waals surface area contributed by atoms with Gasteiger partial charge in [0.05, 0.1) is 47.3 Å². The van der Waals surface area contributed by atoms with Crippen LogP contribution in [0.15, 0.2) is 67.5 Å². The van der Waals surface area contributed by atoms with Crippen molar-refractivity contribution in [3.8, 4) is 16.9 Å². The SMILES string of the molecule is CCO[C@@H]1CN(CC)C(=O)[C@@H]2C[C@@H](CN2c2ncnc3c2cnn3-c2ccc(F)cc2F)Nc2nccc(n2)-c2cccc3ncn(c23)C1. The predicted octanol–water partition coefficient (Wildman–Crippen LogP) is 4.23. The fourth-order valence-electron chi connectivity index (χ4n) is 6.98. The molecule has 2 aromatic carbocycles. The number of fused-ring (bicyclic) bond motifs is 6. The first-order chi connectivity index (χ1) is 23.9. The third-order valence-corrected chi connectivity index (χ3v) is 9.16. The van der Waals surface area contributed by atoms with Gasteiger partial charge in [0.15, 0.2) is 11.5 Å². The number of hydrogen-bond donors (Lipinski definition) is 1. The van der Waals surface area contributed by atoms with Gasteiger partial charge in [-0.3, -0.25) is 4.79 Å². The summed E-state index contributed by atoms with van der Waals surface area (Å²) in [5, 5.41) is 8.39. The van der Waals surface area contributed by atoms with E-state index >= 15 is 0 Å². The first-order valence-electron chi connectivity index (χ1n) is 16.3. The molecule has 13 nitrogen and oxygen atoms in total. The number of imidazole rings is 1. The second-order valence-electron chi connectivity index (χ2n) is 12.1. The fraction of sp³-hybridized carbons (Fsp3) is 0.324. The van der Waals surface area contributed by atoms with Crippen LogP contribution in [0.3, 0.4) is 0 Å². The molecule has 8 rings (SSSR count). The fourth-order valence-corrected chi connectivity index (χ4v) is 6.98. The van der Waals surface area contributed by atoms with E-state index in [-0.39, 0.29) is 23.7 Å². The van der Waals surface area contributed by atoms with E-state index in [4.69, 9.17) is 9.72 Å². The molecule has 0 spiro atoms. The lowest BCUT2D eigenvalue weighted by Gasteiger charge is -2.32. The Balaban J connectivity index is 1.23. The van der Waals surface area contributed by atoms with Gasteiger partial charge in [-0.25, -0.2) is 38.4 Å². The molecule has 1 amide bonds. The molecule has 250 valence electrons.